The average molecular weight is 402 g/mol. The van der Waals surface area contributed by atoms with E-state index < -0.39 is 0 Å². The number of benzene rings is 2. The van der Waals surface area contributed by atoms with E-state index in [9.17, 15) is 0 Å². The number of nitrogens with zero attached hydrogens (tertiary/aromatic N) is 5. The van der Waals surface area contributed by atoms with Gasteiger partial charge in [0.15, 0.2) is 0 Å². The third kappa shape index (κ3) is 4.97. The number of aliphatic imine (C=N–C) groups is 1. The molecule has 2 aromatic carbocycles. The van der Waals surface area contributed by atoms with Crippen LogP contribution >= 0.6 is 0 Å². The van der Waals surface area contributed by atoms with E-state index in [0.717, 1.165) is 35.6 Å². The minimum atomic E-state index is 0.779. The Labute approximate surface area is 179 Å². The summed E-state index contributed by atoms with van der Waals surface area (Å²) in [6.07, 6.45) is 9.90. The summed E-state index contributed by atoms with van der Waals surface area (Å²) in [7, 11) is 4.10. The molecule has 0 bridgehead atoms. The van der Waals surface area contributed by atoms with Crippen LogP contribution in [0.1, 0.15) is 24.8 Å². The Hall–Kier alpha value is -2.92. The van der Waals surface area contributed by atoms with Gasteiger partial charge in [0.25, 0.3) is 0 Å². The van der Waals surface area contributed by atoms with Crippen molar-refractivity contribution in [2.45, 2.75) is 25.8 Å². The highest BCUT2D eigenvalue weighted by Gasteiger charge is 2.13. The second-order valence-corrected chi connectivity index (χ2v) is 8.08. The molecule has 0 spiro atoms. The monoisotopic (exact) mass is 401 g/mol. The van der Waals surface area contributed by atoms with Crippen molar-refractivity contribution in [1.29, 1.82) is 0 Å². The third-order valence-electron chi connectivity index (χ3n) is 5.70. The van der Waals surface area contributed by atoms with Gasteiger partial charge in [0, 0.05) is 39.1 Å². The topological polar surface area (TPSA) is 36.7 Å². The molecule has 1 fully saturated rings. The van der Waals surface area contributed by atoms with Crippen LogP contribution in [0.5, 0.6) is 0 Å². The lowest BCUT2D eigenvalue weighted by molar-refractivity contribution is 0.222. The van der Waals surface area contributed by atoms with Gasteiger partial charge in [-0.3, -0.25) is 0 Å². The van der Waals surface area contributed by atoms with E-state index in [1.165, 1.54) is 38.0 Å². The molecule has 2 heterocycles. The van der Waals surface area contributed by atoms with Crippen LogP contribution in [0, 0.1) is 0 Å². The van der Waals surface area contributed by atoms with Crippen LogP contribution in [-0.4, -0.2) is 54.4 Å². The summed E-state index contributed by atoms with van der Waals surface area (Å²) < 4.78 is 2.25. The van der Waals surface area contributed by atoms with Gasteiger partial charge >= 0.3 is 0 Å². The number of imidazole rings is 1. The van der Waals surface area contributed by atoms with Crippen LogP contribution in [-0.2, 0) is 6.54 Å². The highest BCUT2D eigenvalue weighted by Crippen LogP contribution is 2.22. The molecular formula is C25H31N5. The minimum absolute atomic E-state index is 0.779. The van der Waals surface area contributed by atoms with E-state index in [4.69, 9.17) is 4.98 Å². The first-order valence-corrected chi connectivity index (χ1v) is 10.9. The van der Waals surface area contributed by atoms with Crippen molar-refractivity contribution in [3.63, 3.8) is 0 Å². The Morgan fingerprint density at radius 3 is 2.50 bits per heavy atom. The number of hydrogen-bond acceptors (Lipinski definition) is 4. The maximum Gasteiger partial charge on any atom is 0.230 e. The van der Waals surface area contributed by atoms with Gasteiger partial charge in [-0.25, -0.2) is 9.98 Å². The molecular weight excluding hydrogens is 370 g/mol. The number of hydrogen-bond donors (Lipinski definition) is 0. The third-order valence-corrected chi connectivity index (χ3v) is 5.70. The summed E-state index contributed by atoms with van der Waals surface area (Å²) in [5, 5.41) is 0. The predicted molar refractivity (Wildman–Crippen MR) is 128 cm³/mol. The molecule has 0 unspecified atom stereocenters. The molecule has 1 aliphatic heterocycles. The lowest BCUT2D eigenvalue weighted by Gasteiger charge is -2.26. The van der Waals surface area contributed by atoms with Crippen molar-refractivity contribution in [2.24, 2.45) is 4.99 Å². The summed E-state index contributed by atoms with van der Waals surface area (Å²) in [5.41, 5.74) is 4.52. The number of allylic oxidation sites excluding steroid dienone is 1. The van der Waals surface area contributed by atoms with E-state index >= 15 is 0 Å². The van der Waals surface area contributed by atoms with Crippen molar-refractivity contribution in [2.75, 3.05) is 38.6 Å². The molecule has 30 heavy (non-hydrogen) atoms. The first-order chi connectivity index (χ1) is 14.7. The van der Waals surface area contributed by atoms with Crippen LogP contribution in [0.25, 0.3) is 17.1 Å². The summed E-state index contributed by atoms with van der Waals surface area (Å²) in [4.78, 5) is 14.1. The molecule has 0 amide bonds. The first-order valence-electron chi connectivity index (χ1n) is 10.9. The zero-order chi connectivity index (χ0) is 20.8. The Kier molecular flexibility index (Phi) is 6.60. The molecule has 1 aromatic heterocycles. The van der Waals surface area contributed by atoms with Gasteiger partial charge in [-0.1, -0.05) is 36.8 Å². The van der Waals surface area contributed by atoms with Crippen molar-refractivity contribution < 1.29 is 0 Å². The fourth-order valence-electron chi connectivity index (χ4n) is 3.95. The second kappa shape index (κ2) is 9.72. The van der Waals surface area contributed by atoms with Crippen molar-refractivity contribution in [3.05, 3.63) is 60.2 Å². The first kappa shape index (κ1) is 20.4. The fourth-order valence-corrected chi connectivity index (χ4v) is 3.95. The summed E-state index contributed by atoms with van der Waals surface area (Å²) >= 11 is 0. The summed E-state index contributed by atoms with van der Waals surface area (Å²) in [6, 6.07) is 16.8. The zero-order valence-electron chi connectivity index (χ0n) is 18.0. The zero-order valence-corrected chi connectivity index (χ0v) is 18.0. The van der Waals surface area contributed by atoms with Crippen LogP contribution in [0.4, 0.5) is 11.6 Å². The number of aromatic nitrogens is 2. The number of para-hydroxylation sites is 2. The fraction of sp³-hybridized carbons (Fsp3) is 0.360. The second-order valence-electron chi connectivity index (χ2n) is 8.08. The molecule has 5 heteroatoms. The van der Waals surface area contributed by atoms with Crippen molar-refractivity contribution in [3.8, 4) is 0 Å². The van der Waals surface area contributed by atoms with Gasteiger partial charge in [-0.2, -0.15) is 0 Å². The number of piperidine rings is 1. The van der Waals surface area contributed by atoms with Gasteiger partial charge in [0.1, 0.15) is 0 Å². The molecule has 5 nitrogen and oxygen atoms in total. The van der Waals surface area contributed by atoms with Crippen molar-refractivity contribution >= 4 is 35.0 Å². The molecule has 0 radical (unpaired) electrons. The van der Waals surface area contributed by atoms with Gasteiger partial charge in [-0.15, -0.1) is 0 Å². The van der Waals surface area contributed by atoms with Crippen LogP contribution in [0.3, 0.4) is 0 Å². The van der Waals surface area contributed by atoms with Crippen LogP contribution < -0.4 is 4.90 Å². The molecule has 4 rings (SSSR count). The van der Waals surface area contributed by atoms with E-state index in [2.05, 4.69) is 82.0 Å². The highest BCUT2D eigenvalue weighted by atomic mass is 15.2. The molecule has 1 aliphatic rings. The Morgan fingerprint density at radius 2 is 1.73 bits per heavy atom. The Balaban J connectivity index is 1.48. The Morgan fingerprint density at radius 1 is 0.967 bits per heavy atom. The van der Waals surface area contributed by atoms with Gasteiger partial charge < -0.3 is 14.4 Å². The summed E-state index contributed by atoms with van der Waals surface area (Å²) in [5.74, 6) is 0.779. The SMILES string of the molecule is CN(C)c1ccc(/C=C/C=N/c2nc3ccccc3n2CCN2CCCCC2)cc1. The maximum atomic E-state index is 4.76. The van der Waals surface area contributed by atoms with Crippen molar-refractivity contribution in [1.82, 2.24) is 14.5 Å². The van der Waals surface area contributed by atoms with Gasteiger partial charge in [0.05, 0.1) is 11.0 Å². The minimum Gasteiger partial charge on any atom is -0.378 e. The summed E-state index contributed by atoms with van der Waals surface area (Å²) in [6.45, 7) is 4.39. The quantitative estimate of drug-likeness (QED) is 0.523. The predicted octanol–water partition coefficient (Wildman–Crippen LogP) is 5.00. The van der Waals surface area contributed by atoms with Crippen LogP contribution in [0.15, 0.2) is 59.6 Å². The number of rotatable bonds is 7. The van der Waals surface area contributed by atoms with Gasteiger partial charge in [-0.05, 0) is 61.8 Å². The Bertz CT molecular complexity index is 1010. The normalized spacial score (nSPS) is 15.5. The molecule has 0 saturated carbocycles. The lowest BCUT2D eigenvalue weighted by Crippen LogP contribution is -2.32. The average Bonchev–Trinajstić information content (AvgIpc) is 3.13. The number of fused-ring (bicyclic) bond motifs is 1. The maximum absolute atomic E-state index is 4.76. The largest absolute Gasteiger partial charge is 0.378 e. The molecule has 3 aromatic rings. The van der Waals surface area contributed by atoms with E-state index in [1.807, 2.05) is 18.4 Å². The number of anilines is 1. The molecule has 0 aliphatic carbocycles. The van der Waals surface area contributed by atoms with Gasteiger partial charge in [0.2, 0.25) is 5.95 Å². The molecule has 0 atom stereocenters. The van der Waals surface area contributed by atoms with Crippen LogP contribution in [0.2, 0.25) is 0 Å². The van der Waals surface area contributed by atoms with E-state index in [-0.39, 0.29) is 0 Å². The lowest BCUT2D eigenvalue weighted by atomic mass is 10.1. The smallest absolute Gasteiger partial charge is 0.230 e. The molecule has 156 valence electrons. The highest BCUT2D eigenvalue weighted by molar-refractivity contribution is 5.82. The molecule has 1 saturated heterocycles. The standard InChI is InChI=1S/C25H31N5/c1-28(2)22-14-12-21(13-15-22)9-8-16-26-25-27-23-10-4-5-11-24(23)30(25)20-19-29-17-6-3-7-18-29/h4-5,8-16H,3,6-7,17-20H2,1-2H3/b9-8+,26-16+. The van der Waals surface area contributed by atoms with E-state index in [0.29, 0.717) is 0 Å². The van der Waals surface area contributed by atoms with E-state index in [1.54, 1.807) is 0 Å². The number of likely N-dealkylation sites (tertiary alicyclic amines) is 1. The molecule has 0 N–H and O–H groups in total.